The van der Waals surface area contributed by atoms with E-state index in [0.717, 1.165) is 30.4 Å². The summed E-state index contributed by atoms with van der Waals surface area (Å²) in [5.41, 5.74) is 8.60. The molecule has 0 saturated carbocycles. The van der Waals surface area contributed by atoms with Crippen molar-refractivity contribution in [2.75, 3.05) is 30.3 Å². The molecule has 0 amide bonds. The largest absolute Gasteiger partial charge is 0.480 e. The summed E-state index contributed by atoms with van der Waals surface area (Å²) in [6.07, 6.45) is -4.04. The second-order valence-corrected chi connectivity index (χ2v) is 10.6. The molecule has 1 unspecified atom stereocenters. The third kappa shape index (κ3) is 5.99. The minimum atomic E-state index is -4.70. The molecule has 1 aromatic heterocycles. The molecule has 2 aliphatic heterocycles. The zero-order chi connectivity index (χ0) is 28.5. The lowest BCUT2D eigenvalue weighted by Gasteiger charge is -2.39. The number of hydrogen-bond acceptors (Lipinski definition) is 7. The Morgan fingerprint density at radius 2 is 1.75 bits per heavy atom. The van der Waals surface area contributed by atoms with E-state index in [1.54, 1.807) is 12.1 Å². The molecular weight excluding hydrogens is 523 g/mol. The smallest absolute Gasteiger partial charge is 0.429 e. The number of carboxylic acids is 1. The maximum Gasteiger partial charge on any atom is 0.429 e. The van der Waals surface area contributed by atoms with Gasteiger partial charge in [0.15, 0.2) is 0 Å². The number of carbonyl (C=O) groups is 1. The number of piperidine rings is 1. The molecule has 11 heteroatoms. The van der Waals surface area contributed by atoms with E-state index in [1.807, 2.05) is 29.2 Å². The molecule has 3 heterocycles. The van der Waals surface area contributed by atoms with E-state index in [-0.39, 0.29) is 22.8 Å². The summed E-state index contributed by atoms with van der Waals surface area (Å²) in [6, 6.07) is 14.8. The minimum Gasteiger partial charge on any atom is -0.480 e. The molecule has 0 bridgehead atoms. The Morgan fingerprint density at radius 1 is 1.12 bits per heavy atom. The van der Waals surface area contributed by atoms with Gasteiger partial charge in [0.05, 0.1) is 0 Å². The van der Waals surface area contributed by atoms with Crippen molar-refractivity contribution >= 4 is 17.7 Å². The topological polar surface area (TPSA) is 114 Å². The van der Waals surface area contributed by atoms with Crippen molar-refractivity contribution in [1.82, 2.24) is 15.3 Å². The maximum absolute atomic E-state index is 14.2. The van der Waals surface area contributed by atoms with Crippen molar-refractivity contribution in [3.05, 3.63) is 65.7 Å². The molecule has 2 saturated heterocycles. The van der Waals surface area contributed by atoms with Crippen LogP contribution < -0.4 is 20.7 Å². The number of nitrogens with two attached hydrogens (primary N) is 1. The second kappa shape index (κ2) is 11.0. The normalized spacial score (nSPS) is 19.5. The zero-order valence-corrected chi connectivity index (χ0v) is 22.1. The van der Waals surface area contributed by atoms with Gasteiger partial charge in [-0.25, -0.2) is 0 Å². The van der Waals surface area contributed by atoms with E-state index >= 15 is 0 Å². The van der Waals surface area contributed by atoms with Crippen molar-refractivity contribution in [2.45, 2.75) is 50.9 Å². The number of anilines is 2. The van der Waals surface area contributed by atoms with Gasteiger partial charge in [-0.05, 0) is 47.8 Å². The number of halogens is 3. The van der Waals surface area contributed by atoms with Crippen LogP contribution in [0.1, 0.15) is 43.4 Å². The van der Waals surface area contributed by atoms with E-state index in [4.69, 9.17) is 10.5 Å². The first-order valence-electron chi connectivity index (χ1n) is 13.3. The number of ether oxygens (including phenoxy) is 1. The summed E-state index contributed by atoms with van der Waals surface area (Å²) in [4.78, 5) is 21.4. The molecule has 4 N–H and O–H groups in total. The molecule has 3 aromatic rings. The van der Waals surface area contributed by atoms with Crippen LogP contribution in [0.25, 0.3) is 11.1 Å². The average molecular weight is 556 g/mol. The van der Waals surface area contributed by atoms with Crippen LogP contribution in [0.5, 0.6) is 5.88 Å². The monoisotopic (exact) mass is 555 g/mol. The quantitative estimate of drug-likeness (QED) is 0.373. The highest BCUT2D eigenvalue weighted by Crippen LogP contribution is 2.41. The number of carboxylic acid groups (broad SMARTS) is 1. The molecule has 0 aliphatic carbocycles. The van der Waals surface area contributed by atoms with Crippen LogP contribution in [0, 0.1) is 5.41 Å². The number of aliphatic carboxylic acids is 1. The van der Waals surface area contributed by atoms with Crippen LogP contribution in [-0.4, -0.2) is 52.9 Å². The summed E-state index contributed by atoms with van der Waals surface area (Å²) >= 11 is 0. The van der Waals surface area contributed by atoms with Crippen molar-refractivity contribution in [3.8, 4) is 17.0 Å². The van der Waals surface area contributed by atoms with E-state index in [1.165, 1.54) is 23.8 Å². The van der Waals surface area contributed by atoms with Crippen LogP contribution in [-0.2, 0) is 11.2 Å². The van der Waals surface area contributed by atoms with Crippen molar-refractivity contribution in [1.29, 1.82) is 0 Å². The second-order valence-electron chi connectivity index (χ2n) is 10.6. The van der Waals surface area contributed by atoms with Crippen LogP contribution in [0.15, 0.2) is 54.6 Å². The third-order valence-electron chi connectivity index (χ3n) is 7.96. The SMILES string of the molecule is CCc1ccc(-c2ccc(C(Oc3cc(N4CCC5(CC4)CN[C@H](C(=O)O)C5)nc(N)n3)C(F)(F)F)cc2)cc1. The van der Waals surface area contributed by atoms with Gasteiger partial charge in [0.1, 0.15) is 11.9 Å². The summed E-state index contributed by atoms with van der Waals surface area (Å²) < 4.78 is 47.9. The number of hydrogen-bond donors (Lipinski definition) is 3. The first-order chi connectivity index (χ1) is 19.0. The van der Waals surface area contributed by atoms with Gasteiger partial charge in [-0.3, -0.25) is 4.79 Å². The predicted octanol–water partition coefficient (Wildman–Crippen LogP) is 5.00. The fourth-order valence-electron chi connectivity index (χ4n) is 5.56. The number of rotatable bonds is 7. The molecule has 2 aliphatic rings. The van der Waals surface area contributed by atoms with Gasteiger partial charge in [0, 0.05) is 31.3 Å². The van der Waals surface area contributed by atoms with E-state index < -0.39 is 24.3 Å². The Hall–Kier alpha value is -3.86. The van der Waals surface area contributed by atoms with Crippen LogP contribution in [0.4, 0.5) is 24.9 Å². The lowest BCUT2D eigenvalue weighted by atomic mass is 9.76. The van der Waals surface area contributed by atoms with Gasteiger partial charge in [-0.15, -0.1) is 0 Å². The third-order valence-corrected chi connectivity index (χ3v) is 7.96. The fourth-order valence-corrected chi connectivity index (χ4v) is 5.56. The van der Waals surface area contributed by atoms with Gasteiger partial charge < -0.3 is 25.8 Å². The summed E-state index contributed by atoms with van der Waals surface area (Å²) in [5, 5.41) is 12.4. The summed E-state index contributed by atoms with van der Waals surface area (Å²) in [6.45, 7) is 3.80. The van der Waals surface area contributed by atoms with Crippen LogP contribution in [0.2, 0.25) is 0 Å². The molecule has 2 atom stereocenters. The number of aryl methyl sites for hydroxylation is 1. The highest BCUT2D eigenvalue weighted by Gasteiger charge is 2.45. The van der Waals surface area contributed by atoms with E-state index in [2.05, 4.69) is 22.2 Å². The van der Waals surface area contributed by atoms with E-state index in [0.29, 0.717) is 31.9 Å². The van der Waals surface area contributed by atoms with Crippen LogP contribution in [0.3, 0.4) is 0 Å². The lowest BCUT2D eigenvalue weighted by molar-refractivity contribution is -0.198. The highest BCUT2D eigenvalue weighted by atomic mass is 19.4. The number of nitrogen functional groups attached to an aromatic ring is 1. The number of benzene rings is 2. The first kappa shape index (κ1) is 27.7. The van der Waals surface area contributed by atoms with Gasteiger partial charge >= 0.3 is 12.1 Å². The fraction of sp³-hybridized carbons (Fsp3) is 0.414. The molecule has 5 rings (SSSR count). The highest BCUT2D eigenvalue weighted by molar-refractivity contribution is 5.74. The average Bonchev–Trinajstić information content (AvgIpc) is 3.35. The van der Waals surface area contributed by atoms with Gasteiger partial charge in [-0.1, -0.05) is 55.5 Å². The molecule has 1 spiro atoms. The number of nitrogens with one attached hydrogen (secondary N) is 1. The first-order valence-corrected chi connectivity index (χ1v) is 13.3. The molecule has 40 heavy (non-hydrogen) atoms. The van der Waals surface area contributed by atoms with Crippen molar-refractivity contribution in [2.24, 2.45) is 5.41 Å². The Bertz CT molecular complexity index is 1340. The summed E-state index contributed by atoms with van der Waals surface area (Å²) in [7, 11) is 0. The molecule has 212 valence electrons. The van der Waals surface area contributed by atoms with Crippen molar-refractivity contribution < 1.29 is 27.8 Å². The Morgan fingerprint density at radius 3 is 2.30 bits per heavy atom. The standard InChI is InChI=1S/C29H32F3N5O3/c1-2-18-3-5-19(6-4-18)20-7-9-21(10-8-20)25(29(30,31)32)40-24-15-23(35-27(33)36-24)37-13-11-28(12-14-37)16-22(26(38)39)34-17-28/h3-10,15,22,25,34H,2,11-14,16-17H2,1H3,(H,38,39)(H2,33,35,36)/t22-,25?/m0/s1. The molecular formula is C29H32F3N5O3. The Balaban J connectivity index is 1.31. The maximum atomic E-state index is 14.2. The molecule has 2 fully saturated rings. The molecule has 2 aromatic carbocycles. The molecule has 0 radical (unpaired) electrons. The number of aromatic nitrogens is 2. The number of alkyl halides is 3. The lowest BCUT2D eigenvalue weighted by Crippen LogP contribution is -2.41. The number of nitrogens with zero attached hydrogens (tertiary/aromatic N) is 3. The Kier molecular flexibility index (Phi) is 7.59. The van der Waals surface area contributed by atoms with Gasteiger partial charge in [0.2, 0.25) is 17.9 Å². The van der Waals surface area contributed by atoms with Gasteiger partial charge in [-0.2, -0.15) is 23.1 Å². The van der Waals surface area contributed by atoms with Crippen molar-refractivity contribution in [3.63, 3.8) is 0 Å². The zero-order valence-electron chi connectivity index (χ0n) is 22.1. The van der Waals surface area contributed by atoms with Gasteiger partial charge in [0.25, 0.3) is 0 Å². The predicted molar refractivity (Wildman–Crippen MR) is 145 cm³/mol. The Labute approximate surface area is 230 Å². The molecule has 8 nitrogen and oxygen atoms in total. The van der Waals surface area contributed by atoms with Crippen LogP contribution >= 0.6 is 0 Å². The minimum absolute atomic E-state index is 0.0539. The van der Waals surface area contributed by atoms with E-state index in [9.17, 15) is 23.1 Å². The summed E-state index contributed by atoms with van der Waals surface area (Å²) in [5.74, 6) is -0.931.